The molecule has 1 rings (SSSR count). The van der Waals surface area contributed by atoms with Crippen molar-refractivity contribution in [2.45, 2.75) is 24.2 Å². The van der Waals surface area contributed by atoms with Gasteiger partial charge in [-0.1, -0.05) is 6.07 Å². The van der Waals surface area contributed by atoms with Gasteiger partial charge in [0.1, 0.15) is 0 Å². The second kappa shape index (κ2) is 7.17. The molecule has 0 spiro atoms. The average molecular weight is 239 g/mol. The molecule has 3 nitrogen and oxygen atoms in total. The van der Waals surface area contributed by atoms with E-state index in [9.17, 15) is 4.79 Å². The van der Waals surface area contributed by atoms with Gasteiger partial charge in [-0.15, -0.1) is 11.8 Å². The zero-order chi connectivity index (χ0) is 11.8. The molecule has 16 heavy (non-hydrogen) atoms. The Labute approximate surface area is 100 Å². The number of anilines is 1. The molecule has 0 atom stereocenters. The fourth-order valence-electron chi connectivity index (χ4n) is 1.37. The van der Waals surface area contributed by atoms with Gasteiger partial charge in [0.2, 0.25) is 0 Å². The van der Waals surface area contributed by atoms with Crippen molar-refractivity contribution in [3.05, 3.63) is 24.3 Å². The predicted octanol–water partition coefficient (Wildman–Crippen LogP) is 3.08. The summed E-state index contributed by atoms with van der Waals surface area (Å²) < 4.78 is 0. The third kappa shape index (κ3) is 5.07. The van der Waals surface area contributed by atoms with Gasteiger partial charge >= 0.3 is 5.97 Å². The van der Waals surface area contributed by atoms with Gasteiger partial charge in [0, 0.05) is 23.5 Å². The van der Waals surface area contributed by atoms with E-state index in [2.05, 4.69) is 17.4 Å². The fourth-order valence-corrected chi connectivity index (χ4v) is 1.83. The number of aliphatic carboxylic acids is 1. The Kier molecular flexibility index (Phi) is 5.78. The number of unbranched alkanes of at least 4 members (excludes halogenated alkanes) is 1. The van der Waals surface area contributed by atoms with Crippen molar-refractivity contribution in [2.24, 2.45) is 0 Å². The zero-order valence-electron chi connectivity index (χ0n) is 9.40. The maximum Gasteiger partial charge on any atom is 0.303 e. The summed E-state index contributed by atoms with van der Waals surface area (Å²) in [6.07, 6.45) is 3.92. The number of benzene rings is 1. The van der Waals surface area contributed by atoms with Crippen molar-refractivity contribution in [3.8, 4) is 0 Å². The molecule has 0 unspecified atom stereocenters. The van der Waals surface area contributed by atoms with Gasteiger partial charge in [0.15, 0.2) is 0 Å². The first-order valence-electron chi connectivity index (χ1n) is 5.32. The molecule has 1 aromatic rings. The largest absolute Gasteiger partial charge is 0.481 e. The molecule has 0 saturated carbocycles. The predicted molar refractivity (Wildman–Crippen MR) is 68.2 cm³/mol. The second-order valence-corrected chi connectivity index (χ2v) is 4.39. The lowest BCUT2D eigenvalue weighted by atomic mass is 10.2. The third-order valence-electron chi connectivity index (χ3n) is 2.22. The van der Waals surface area contributed by atoms with Gasteiger partial charge in [-0.05, 0) is 37.3 Å². The molecule has 0 aliphatic carbocycles. The summed E-state index contributed by atoms with van der Waals surface area (Å²) in [5, 5.41) is 11.8. The number of carboxylic acids is 1. The zero-order valence-corrected chi connectivity index (χ0v) is 10.2. The topological polar surface area (TPSA) is 49.3 Å². The first-order valence-corrected chi connectivity index (χ1v) is 6.54. The van der Waals surface area contributed by atoms with Crippen molar-refractivity contribution < 1.29 is 9.90 Å². The fraction of sp³-hybridized carbons (Fsp3) is 0.417. The SMILES string of the molecule is CSc1cccc(NCCCCC(=O)O)c1. The molecule has 0 amide bonds. The summed E-state index contributed by atoms with van der Waals surface area (Å²) in [6, 6.07) is 8.21. The smallest absolute Gasteiger partial charge is 0.303 e. The molecule has 4 heteroatoms. The normalized spacial score (nSPS) is 10.1. The Morgan fingerprint density at radius 2 is 2.25 bits per heavy atom. The molecule has 0 aromatic heterocycles. The number of nitrogens with one attached hydrogen (secondary N) is 1. The standard InChI is InChI=1S/C12H17NO2S/c1-16-11-6-4-5-10(9-11)13-8-3-2-7-12(14)15/h4-6,9,13H,2-3,7-8H2,1H3,(H,14,15). The van der Waals surface area contributed by atoms with E-state index < -0.39 is 5.97 Å². The second-order valence-electron chi connectivity index (χ2n) is 3.51. The van der Waals surface area contributed by atoms with E-state index >= 15 is 0 Å². The van der Waals surface area contributed by atoms with Crippen LogP contribution < -0.4 is 5.32 Å². The van der Waals surface area contributed by atoms with Crippen LogP contribution in [0.3, 0.4) is 0 Å². The molecule has 2 N–H and O–H groups in total. The average Bonchev–Trinajstić information content (AvgIpc) is 2.28. The summed E-state index contributed by atoms with van der Waals surface area (Å²) in [6.45, 7) is 0.825. The molecule has 0 saturated heterocycles. The molecule has 0 bridgehead atoms. The first-order chi connectivity index (χ1) is 7.72. The van der Waals surface area contributed by atoms with Crippen molar-refractivity contribution in [3.63, 3.8) is 0 Å². The molecule has 0 radical (unpaired) electrons. The van der Waals surface area contributed by atoms with Gasteiger partial charge in [0.05, 0.1) is 0 Å². The van der Waals surface area contributed by atoms with Crippen LogP contribution in [0.1, 0.15) is 19.3 Å². The molecule has 0 heterocycles. The van der Waals surface area contributed by atoms with Crippen LogP contribution in [0.4, 0.5) is 5.69 Å². The van der Waals surface area contributed by atoms with E-state index in [1.807, 2.05) is 18.4 Å². The Hall–Kier alpha value is -1.16. The van der Waals surface area contributed by atoms with Crippen LogP contribution in [0.15, 0.2) is 29.2 Å². The quantitative estimate of drug-likeness (QED) is 0.567. The van der Waals surface area contributed by atoms with Gasteiger partial charge in [-0.25, -0.2) is 0 Å². The van der Waals surface area contributed by atoms with Crippen molar-refractivity contribution in [1.82, 2.24) is 0 Å². The maximum atomic E-state index is 10.3. The van der Waals surface area contributed by atoms with E-state index in [1.165, 1.54) is 4.90 Å². The number of carbonyl (C=O) groups is 1. The van der Waals surface area contributed by atoms with E-state index in [4.69, 9.17) is 5.11 Å². The highest BCUT2D eigenvalue weighted by molar-refractivity contribution is 7.98. The van der Waals surface area contributed by atoms with Gasteiger partial charge in [0.25, 0.3) is 0 Å². The molecule has 88 valence electrons. The lowest BCUT2D eigenvalue weighted by Gasteiger charge is -2.06. The van der Waals surface area contributed by atoms with Gasteiger partial charge < -0.3 is 10.4 Å². The van der Waals surface area contributed by atoms with Gasteiger partial charge in [-0.3, -0.25) is 4.79 Å². The summed E-state index contributed by atoms with van der Waals surface area (Å²) >= 11 is 1.71. The summed E-state index contributed by atoms with van der Waals surface area (Å²) in [5.41, 5.74) is 1.10. The lowest BCUT2D eigenvalue weighted by molar-refractivity contribution is -0.137. The highest BCUT2D eigenvalue weighted by Gasteiger charge is 1.97. The Morgan fingerprint density at radius 1 is 1.44 bits per heavy atom. The van der Waals surface area contributed by atoms with Gasteiger partial charge in [-0.2, -0.15) is 0 Å². The van der Waals surface area contributed by atoms with Crippen LogP contribution in [0, 0.1) is 0 Å². The van der Waals surface area contributed by atoms with Crippen LogP contribution in [0.25, 0.3) is 0 Å². The summed E-state index contributed by atoms with van der Waals surface area (Å²) in [7, 11) is 0. The third-order valence-corrected chi connectivity index (χ3v) is 2.94. The number of carboxylic acid groups (broad SMARTS) is 1. The molecule has 0 aliphatic rings. The molecule has 0 aliphatic heterocycles. The van der Waals surface area contributed by atoms with Crippen LogP contribution in [0.2, 0.25) is 0 Å². The lowest BCUT2D eigenvalue weighted by Crippen LogP contribution is -2.03. The van der Waals surface area contributed by atoms with E-state index in [-0.39, 0.29) is 6.42 Å². The van der Waals surface area contributed by atoms with Crippen molar-refractivity contribution in [1.29, 1.82) is 0 Å². The maximum absolute atomic E-state index is 10.3. The Bertz CT molecular complexity index is 342. The van der Waals surface area contributed by atoms with Crippen LogP contribution in [-0.4, -0.2) is 23.9 Å². The minimum atomic E-state index is -0.718. The number of rotatable bonds is 7. The molecule has 1 aromatic carbocycles. The van der Waals surface area contributed by atoms with Crippen LogP contribution in [-0.2, 0) is 4.79 Å². The first kappa shape index (κ1) is 12.9. The minimum absolute atomic E-state index is 0.256. The number of thioether (sulfide) groups is 1. The summed E-state index contributed by atoms with van der Waals surface area (Å²) in [4.78, 5) is 11.5. The monoisotopic (exact) mass is 239 g/mol. The molecule has 0 fully saturated rings. The van der Waals surface area contributed by atoms with Crippen LogP contribution in [0.5, 0.6) is 0 Å². The molecular weight excluding hydrogens is 222 g/mol. The van der Waals surface area contributed by atoms with Crippen molar-refractivity contribution in [2.75, 3.05) is 18.1 Å². The van der Waals surface area contributed by atoms with E-state index in [0.29, 0.717) is 0 Å². The van der Waals surface area contributed by atoms with E-state index in [1.54, 1.807) is 11.8 Å². The molecular formula is C12H17NO2S. The number of hydrogen-bond donors (Lipinski definition) is 2. The van der Waals surface area contributed by atoms with Crippen LogP contribution >= 0.6 is 11.8 Å². The summed E-state index contributed by atoms with van der Waals surface area (Å²) in [5.74, 6) is -0.718. The minimum Gasteiger partial charge on any atom is -0.481 e. The highest BCUT2D eigenvalue weighted by Crippen LogP contribution is 2.18. The van der Waals surface area contributed by atoms with Crippen molar-refractivity contribution >= 4 is 23.4 Å². The number of hydrogen-bond acceptors (Lipinski definition) is 3. The Morgan fingerprint density at radius 3 is 2.94 bits per heavy atom. The van der Waals surface area contributed by atoms with E-state index in [0.717, 1.165) is 25.1 Å². The Balaban J connectivity index is 2.23. The highest BCUT2D eigenvalue weighted by atomic mass is 32.2.